The molecule has 0 saturated heterocycles. The summed E-state index contributed by atoms with van der Waals surface area (Å²) in [6, 6.07) is 17.9. The van der Waals surface area contributed by atoms with Gasteiger partial charge in [0.05, 0.1) is 23.4 Å². The number of fused-ring (bicyclic) bond motifs is 1. The first-order valence-corrected chi connectivity index (χ1v) is 10.2. The van der Waals surface area contributed by atoms with E-state index in [-0.39, 0.29) is 12.1 Å². The van der Waals surface area contributed by atoms with Gasteiger partial charge in [0, 0.05) is 6.07 Å². The van der Waals surface area contributed by atoms with Crippen LogP contribution in [-0.2, 0) is 6.54 Å². The van der Waals surface area contributed by atoms with E-state index >= 15 is 0 Å². The molecule has 1 heterocycles. The van der Waals surface area contributed by atoms with E-state index in [1.807, 2.05) is 55.5 Å². The Hall–Kier alpha value is -3.32. The Morgan fingerprint density at radius 1 is 1.07 bits per heavy atom. The van der Waals surface area contributed by atoms with E-state index in [0.29, 0.717) is 29.1 Å². The minimum absolute atomic E-state index is 0.195. The second-order valence-electron chi connectivity index (χ2n) is 6.53. The number of nitrogens with zero attached hydrogens (tertiary/aromatic N) is 2. The minimum Gasteiger partial charge on any atom is -0.492 e. The molecule has 0 radical (unpaired) electrons. The molecule has 0 bridgehead atoms. The summed E-state index contributed by atoms with van der Waals surface area (Å²) in [6.45, 7) is 2.56. The molecule has 0 aliphatic rings. The SMILES string of the molecule is CCOc1cccc2sc(N(Cc3ccccc3)C(=O)c3ccc(F)cc3F)nc12. The Bertz CT molecular complexity index is 1190. The van der Waals surface area contributed by atoms with E-state index in [0.717, 1.165) is 22.4 Å². The highest BCUT2D eigenvalue weighted by Gasteiger charge is 2.25. The smallest absolute Gasteiger partial charge is 0.263 e. The summed E-state index contributed by atoms with van der Waals surface area (Å²) in [6.07, 6.45) is 0. The van der Waals surface area contributed by atoms with Gasteiger partial charge in [0.25, 0.3) is 5.91 Å². The van der Waals surface area contributed by atoms with Crippen molar-refractivity contribution in [3.05, 3.63) is 89.5 Å². The number of amides is 1. The van der Waals surface area contributed by atoms with Crippen molar-refractivity contribution in [1.29, 1.82) is 0 Å². The number of anilines is 1. The number of ether oxygens (including phenoxy) is 1. The van der Waals surface area contributed by atoms with Crippen LogP contribution in [0.4, 0.5) is 13.9 Å². The van der Waals surface area contributed by atoms with Crippen LogP contribution in [0.3, 0.4) is 0 Å². The van der Waals surface area contributed by atoms with Crippen molar-refractivity contribution in [3.8, 4) is 5.75 Å². The molecule has 0 spiro atoms. The molecule has 30 heavy (non-hydrogen) atoms. The molecule has 4 aromatic rings. The first kappa shape index (κ1) is 20.0. The molecule has 1 amide bonds. The summed E-state index contributed by atoms with van der Waals surface area (Å²) in [7, 11) is 0. The third kappa shape index (κ3) is 4.02. The molecule has 0 aliphatic carbocycles. The van der Waals surface area contributed by atoms with Crippen molar-refractivity contribution < 1.29 is 18.3 Å². The number of carbonyl (C=O) groups excluding carboxylic acids is 1. The zero-order chi connectivity index (χ0) is 21.1. The lowest BCUT2D eigenvalue weighted by molar-refractivity contribution is 0.0981. The number of rotatable bonds is 6. The van der Waals surface area contributed by atoms with Gasteiger partial charge in [-0.3, -0.25) is 9.69 Å². The second kappa shape index (κ2) is 8.59. The fraction of sp³-hybridized carbons (Fsp3) is 0.130. The quantitative estimate of drug-likeness (QED) is 0.392. The van der Waals surface area contributed by atoms with E-state index < -0.39 is 17.5 Å². The number of aromatic nitrogens is 1. The normalized spacial score (nSPS) is 10.9. The molecule has 7 heteroatoms. The van der Waals surface area contributed by atoms with Crippen molar-refractivity contribution in [2.75, 3.05) is 11.5 Å². The lowest BCUT2D eigenvalue weighted by Gasteiger charge is -2.20. The molecule has 0 fully saturated rings. The van der Waals surface area contributed by atoms with Crippen molar-refractivity contribution in [2.45, 2.75) is 13.5 Å². The van der Waals surface area contributed by atoms with Gasteiger partial charge < -0.3 is 4.74 Å². The highest BCUT2D eigenvalue weighted by atomic mass is 32.1. The van der Waals surface area contributed by atoms with Gasteiger partial charge in [0.15, 0.2) is 5.13 Å². The van der Waals surface area contributed by atoms with Gasteiger partial charge in [-0.15, -0.1) is 0 Å². The predicted molar refractivity (Wildman–Crippen MR) is 114 cm³/mol. The molecular weight excluding hydrogens is 406 g/mol. The van der Waals surface area contributed by atoms with Crippen LogP contribution in [0.25, 0.3) is 10.2 Å². The maximum atomic E-state index is 14.4. The maximum absolute atomic E-state index is 14.4. The molecule has 0 unspecified atom stereocenters. The van der Waals surface area contributed by atoms with Gasteiger partial charge in [-0.25, -0.2) is 13.8 Å². The molecule has 152 valence electrons. The lowest BCUT2D eigenvalue weighted by Crippen LogP contribution is -2.31. The van der Waals surface area contributed by atoms with Gasteiger partial charge in [-0.1, -0.05) is 47.7 Å². The van der Waals surface area contributed by atoms with Crippen LogP contribution in [0.1, 0.15) is 22.8 Å². The summed E-state index contributed by atoms with van der Waals surface area (Å²) < 4.78 is 34.2. The molecule has 0 N–H and O–H groups in total. The average Bonchev–Trinajstić information content (AvgIpc) is 3.17. The average molecular weight is 424 g/mol. The first-order chi connectivity index (χ1) is 14.6. The first-order valence-electron chi connectivity index (χ1n) is 9.40. The number of hydrogen-bond acceptors (Lipinski definition) is 4. The second-order valence-corrected chi connectivity index (χ2v) is 7.54. The van der Waals surface area contributed by atoms with Gasteiger partial charge in [-0.05, 0) is 36.8 Å². The summed E-state index contributed by atoms with van der Waals surface area (Å²) in [5.41, 5.74) is 1.29. The van der Waals surface area contributed by atoms with E-state index in [1.54, 1.807) is 0 Å². The van der Waals surface area contributed by atoms with Gasteiger partial charge in [0.2, 0.25) is 0 Å². The lowest BCUT2D eigenvalue weighted by atomic mass is 10.1. The van der Waals surface area contributed by atoms with Crippen LogP contribution < -0.4 is 9.64 Å². The maximum Gasteiger partial charge on any atom is 0.263 e. The van der Waals surface area contributed by atoms with Crippen LogP contribution >= 0.6 is 11.3 Å². The largest absolute Gasteiger partial charge is 0.492 e. The summed E-state index contributed by atoms with van der Waals surface area (Å²) in [5, 5.41) is 0.412. The van der Waals surface area contributed by atoms with Crippen LogP contribution in [-0.4, -0.2) is 17.5 Å². The van der Waals surface area contributed by atoms with Gasteiger partial charge in [-0.2, -0.15) is 0 Å². The Kier molecular flexibility index (Phi) is 5.72. The summed E-state index contributed by atoms with van der Waals surface area (Å²) >= 11 is 1.31. The van der Waals surface area contributed by atoms with Crippen molar-refractivity contribution in [2.24, 2.45) is 0 Å². The highest BCUT2D eigenvalue weighted by Crippen LogP contribution is 2.35. The molecule has 1 aromatic heterocycles. The predicted octanol–water partition coefficient (Wildman–Crippen LogP) is 5.82. The minimum atomic E-state index is -0.908. The topological polar surface area (TPSA) is 42.4 Å². The molecule has 4 rings (SSSR count). The van der Waals surface area contributed by atoms with Crippen molar-refractivity contribution in [3.63, 3.8) is 0 Å². The molecule has 0 atom stereocenters. The third-order valence-corrected chi connectivity index (χ3v) is 5.54. The Labute approximate surface area is 176 Å². The summed E-state index contributed by atoms with van der Waals surface area (Å²) in [4.78, 5) is 19.3. The van der Waals surface area contributed by atoms with Crippen LogP contribution in [0.5, 0.6) is 5.75 Å². The Morgan fingerprint density at radius 2 is 1.87 bits per heavy atom. The fourth-order valence-corrected chi connectivity index (χ4v) is 4.08. The van der Waals surface area contributed by atoms with Crippen LogP contribution in [0, 0.1) is 11.6 Å². The van der Waals surface area contributed by atoms with E-state index in [4.69, 9.17) is 4.74 Å². The number of carbonyl (C=O) groups is 1. The molecule has 3 aromatic carbocycles. The van der Waals surface area contributed by atoms with Gasteiger partial charge >= 0.3 is 0 Å². The number of thiazole rings is 1. The molecule has 0 aliphatic heterocycles. The number of halogens is 2. The van der Waals surface area contributed by atoms with Crippen LogP contribution in [0.2, 0.25) is 0 Å². The van der Waals surface area contributed by atoms with E-state index in [9.17, 15) is 13.6 Å². The number of hydrogen-bond donors (Lipinski definition) is 0. The molecular formula is C23H18F2N2O2S. The molecule has 0 saturated carbocycles. The summed E-state index contributed by atoms with van der Waals surface area (Å²) in [5.74, 6) is -1.61. The standard InChI is InChI=1S/C23H18F2N2O2S/c1-2-29-19-9-6-10-20-21(19)26-23(30-20)27(14-15-7-4-3-5-8-15)22(28)17-12-11-16(24)13-18(17)25/h3-13H,2,14H2,1H3. The fourth-order valence-electron chi connectivity index (χ4n) is 3.10. The van der Waals surface area contributed by atoms with Crippen molar-refractivity contribution >= 4 is 32.6 Å². The van der Waals surface area contributed by atoms with Crippen LogP contribution in [0.15, 0.2) is 66.7 Å². The van der Waals surface area contributed by atoms with Crippen molar-refractivity contribution in [1.82, 2.24) is 4.98 Å². The Balaban J connectivity index is 1.80. The number of benzene rings is 3. The zero-order valence-corrected chi connectivity index (χ0v) is 17.0. The molecule has 4 nitrogen and oxygen atoms in total. The van der Waals surface area contributed by atoms with E-state index in [2.05, 4.69) is 4.98 Å². The Morgan fingerprint density at radius 3 is 2.60 bits per heavy atom. The monoisotopic (exact) mass is 424 g/mol. The number of para-hydroxylation sites is 1. The zero-order valence-electron chi connectivity index (χ0n) is 16.1. The third-order valence-electron chi connectivity index (χ3n) is 4.49. The van der Waals surface area contributed by atoms with E-state index in [1.165, 1.54) is 16.2 Å². The van der Waals surface area contributed by atoms with Gasteiger partial charge in [0.1, 0.15) is 22.9 Å². The highest BCUT2D eigenvalue weighted by molar-refractivity contribution is 7.22.